The van der Waals surface area contributed by atoms with E-state index >= 15 is 0 Å². The van der Waals surface area contributed by atoms with Gasteiger partial charge in [-0.15, -0.1) is 0 Å². The van der Waals surface area contributed by atoms with Gasteiger partial charge in [-0.05, 0) is 31.1 Å². The molecule has 0 aromatic rings. The zero-order valence-corrected chi connectivity index (χ0v) is 16.1. The lowest BCUT2D eigenvalue weighted by molar-refractivity contribution is 0.169. The molecule has 0 radical (unpaired) electrons. The molecule has 2 fully saturated rings. The molecule has 0 bridgehead atoms. The van der Waals surface area contributed by atoms with Crippen LogP contribution in [0.15, 0.2) is 0 Å². The van der Waals surface area contributed by atoms with Gasteiger partial charge in [-0.2, -0.15) is 0 Å². The summed E-state index contributed by atoms with van der Waals surface area (Å²) < 4.78 is 0. The maximum Gasteiger partial charge on any atom is -0.0297 e. The van der Waals surface area contributed by atoms with E-state index in [9.17, 15) is 0 Å². The normalized spacial score (nSPS) is 27.1. The van der Waals surface area contributed by atoms with Crippen molar-refractivity contribution in [2.24, 2.45) is 5.41 Å². The Hall–Kier alpha value is 0. The van der Waals surface area contributed by atoms with Gasteiger partial charge in [0.1, 0.15) is 0 Å². The predicted molar refractivity (Wildman–Crippen MR) is 104 cm³/mol. The van der Waals surface area contributed by atoms with Crippen LogP contribution in [0.2, 0.25) is 0 Å². The zero-order chi connectivity index (χ0) is 16.1. The highest BCUT2D eigenvalue weighted by Crippen LogP contribution is 2.42. The summed E-state index contributed by atoms with van der Waals surface area (Å²) in [6.45, 7) is 0. The highest BCUT2D eigenvalue weighted by Gasteiger charge is 2.28. The molecular weight excluding hydrogens is 276 g/mol. The summed E-state index contributed by atoms with van der Waals surface area (Å²) in [5, 5.41) is 0. The maximum absolute atomic E-state index is 1.56. The van der Waals surface area contributed by atoms with Gasteiger partial charge in [0.15, 0.2) is 0 Å². The van der Waals surface area contributed by atoms with Gasteiger partial charge in [0, 0.05) is 0 Å². The largest absolute Gasteiger partial charge is 0.0533 e. The van der Waals surface area contributed by atoms with E-state index in [4.69, 9.17) is 0 Å². The first-order chi connectivity index (χ1) is 11.4. The Kier molecular flexibility index (Phi) is 10.4. The summed E-state index contributed by atoms with van der Waals surface area (Å²) in [6, 6.07) is 0. The maximum atomic E-state index is 1.56. The first-order valence-electron chi connectivity index (χ1n) is 11.4. The molecule has 0 nitrogen and oxygen atoms in total. The third-order valence-electron chi connectivity index (χ3n) is 6.83. The molecule has 0 unspecified atom stereocenters. The molecular formula is C23H44. The summed E-state index contributed by atoms with van der Waals surface area (Å²) >= 11 is 0. The van der Waals surface area contributed by atoms with Crippen molar-refractivity contribution in [3.63, 3.8) is 0 Å². The van der Waals surface area contributed by atoms with Crippen LogP contribution in [0, 0.1) is 5.41 Å². The first kappa shape index (κ1) is 19.3. The average molecular weight is 321 g/mol. The fraction of sp³-hybridized carbons (Fsp3) is 1.00. The predicted octanol–water partition coefficient (Wildman–Crippen LogP) is 8.58. The number of rotatable bonds is 0. The van der Waals surface area contributed by atoms with Crippen LogP contribution in [-0.4, -0.2) is 0 Å². The van der Waals surface area contributed by atoms with E-state index in [-0.39, 0.29) is 0 Å². The highest BCUT2D eigenvalue weighted by atomic mass is 14.3. The Labute approximate surface area is 147 Å². The summed E-state index contributed by atoms with van der Waals surface area (Å²) in [5.41, 5.74) is 0.748. The zero-order valence-electron chi connectivity index (χ0n) is 16.1. The van der Waals surface area contributed by atoms with Crippen LogP contribution in [0.1, 0.15) is 141 Å². The topological polar surface area (TPSA) is 0 Å². The van der Waals surface area contributed by atoms with Crippen molar-refractivity contribution in [3.8, 4) is 0 Å². The van der Waals surface area contributed by atoms with Gasteiger partial charge >= 0.3 is 0 Å². The van der Waals surface area contributed by atoms with Gasteiger partial charge in [-0.25, -0.2) is 0 Å². The van der Waals surface area contributed by atoms with E-state index in [1.165, 1.54) is 116 Å². The van der Waals surface area contributed by atoms with Crippen LogP contribution in [0.25, 0.3) is 0 Å². The highest BCUT2D eigenvalue weighted by molar-refractivity contribution is 4.80. The Bertz CT molecular complexity index is 212. The molecule has 0 aromatic heterocycles. The molecule has 0 amide bonds. The van der Waals surface area contributed by atoms with E-state index in [1.54, 1.807) is 25.7 Å². The Morgan fingerprint density at radius 1 is 0.217 bits per heavy atom. The molecule has 0 aliphatic heterocycles. The fourth-order valence-corrected chi connectivity index (χ4v) is 5.22. The van der Waals surface area contributed by atoms with Crippen molar-refractivity contribution >= 4 is 0 Å². The smallest absolute Gasteiger partial charge is 0.0297 e. The Morgan fingerprint density at radius 2 is 0.391 bits per heavy atom. The standard InChI is InChI=1S/C23H44/c1-3-7-11-15-19-23(20-16-12-8-4-1)21-17-13-9-5-2-6-10-14-18-22-23/h1-22H2. The minimum absolute atomic E-state index is 0.748. The van der Waals surface area contributed by atoms with Gasteiger partial charge < -0.3 is 0 Å². The molecule has 0 aromatic carbocycles. The molecule has 0 heteroatoms. The minimum atomic E-state index is 0.748. The second-order valence-electron chi connectivity index (χ2n) is 8.86. The molecule has 2 aliphatic carbocycles. The van der Waals surface area contributed by atoms with Crippen molar-refractivity contribution < 1.29 is 0 Å². The van der Waals surface area contributed by atoms with Crippen molar-refractivity contribution in [2.75, 3.05) is 0 Å². The monoisotopic (exact) mass is 320 g/mol. The molecule has 1 spiro atoms. The molecule has 0 saturated heterocycles. The van der Waals surface area contributed by atoms with Gasteiger partial charge in [0.25, 0.3) is 0 Å². The second-order valence-corrected chi connectivity index (χ2v) is 8.86. The van der Waals surface area contributed by atoms with Crippen LogP contribution in [-0.2, 0) is 0 Å². The van der Waals surface area contributed by atoms with E-state index in [2.05, 4.69) is 0 Å². The van der Waals surface area contributed by atoms with Crippen molar-refractivity contribution in [1.29, 1.82) is 0 Å². The summed E-state index contributed by atoms with van der Waals surface area (Å²) in [4.78, 5) is 0. The second kappa shape index (κ2) is 12.4. The molecule has 136 valence electrons. The van der Waals surface area contributed by atoms with Crippen molar-refractivity contribution in [1.82, 2.24) is 0 Å². The summed E-state index contributed by atoms with van der Waals surface area (Å²) in [5.74, 6) is 0. The lowest BCUT2D eigenvalue weighted by Crippen LogP contribution is -2.22. The van der Waals surface area contributed by atoms with Crippen molar-refractivity contribution in [3.05, 3.63) is 0 Å². The SMILES string of the molecule is C1CCCCCC2(CCCCC1)CCCCCCCCCCC2. The van der Waals surface area contributed by atoms with Gasteiger partial charge in [0.05, 0.1) is 0 Å². The summed E-state index contributed by atoms with van der Waals surface area (Å²) in [7, 11) is 0. The van der Waals surface area contributed by atoms with E-state index in [1.807, 2.05) is 0 Å². The number of hydrogen-bond acceptors (Lipinski definition) is 0. The van der Waals surface area contributed by atoms with Crippen LogP contribution in [0.3, 0.4) is 0 Å². The minimum Gasteiger partial charge on any atom is -0.0533 e. The fourth-order valence-electron chi connectivity index (χ4n) is 5.22. The first-order valence-corrected chi connectivity index (χ1v) is 11.4. The Morgan fingerprint density at radius 3 is 0.609 bits per heavy atom. The van der Waals surface area contributed by atoms with Crippen LogP contribution >= 0.6 is 0 Å². The van der Waals surface area contributed by atoms with Gasteiger partial charge in [-0.1, -0.05) is 116 Å². The quantitative estimate of drug-likeness (QED) is 0.419. The van der Waals surface area contributed by atoms with Gasteiger partial charge in [0.2, 0.25) is 0 Å². The lowest BCUT2D eigenvalue weighted by Gasteiger charge is -2.35. The molecule has 0 N–H and O–H groups in total. The molecule has 2 aliphatic rings. The molecule has 2 rings (SSSR count). The summed E-state index contributed by atoms with van der Waals surface area (Å²) in [6.07, 6.45) is 33.5. The third kappa shape index (κ3) is 8.59. The average Bonchev–Trinajstić information content (AvgIpc) is 2.54. The van der Waals surface area contributed by atoms with Crippen LogP contribution < -0.4 is 0 Å². The van der Waals surface area contributed by atoms with Crippen molar-refractivity contribution in [2.45, 2.75) is 141 Å². The van der Waals surface area contributed by atoms with Crippen LogP contribution in [0.4, 0.5) is 0 Å². The van der Waals surface area contributed by atoms with E-state index in [0.29, 0.717) is 0 Å². The molecule has 0 atom stereocenters. The third-order valence-corrected chi connectivity index (χ3v) is 6.83. The number of hydrogen-bond donors (Lipinski definition) is 0. The molecule has 2 saturated carbocycles. The van der Waals surface area contributed by atoms with E-state index in [0.717, 1.165) is 5.41 Å². The molecule has 0 heterocycles. The van der Waals surface area contributed by atoms with Crippen LogP contribution in [0.5, 0.6) is 0 Å². The lowest BCUT2D eigenvalue weighted by atomic mass is 9.70. The Balaban J connectivity index is 1.89. The van der Waals surface area contributed by atoms with E-state index < -0.39 is 0 Å². The molecule has 23 heavy (non-hydrogen) atoms. The van der Waals surface area contributed by atoms with Gasteiger partial charge in [-0.3, -0.25) is 0 Å².